The number of carbonyl (C=O) groups excluding carboxylic acids is 4. The topological polar surface area (TPSA) is 154 Å². The van der Waals surface area contributed by atoms with Crippen molar-refractivity contribution in [3.63, 3.8) is 0 Å². The van der Waals surface area contributed by atoms with Gasteiger partial charge in [0.25, 0.3) is 5.91 Å². The summed E-state index contributed by atoms with van der Waals surface area (Å²) in [5.41, 5.74) is 7.10. The largest absolute Gasteiger partial charge is 0.439 e. The van der Waals surface area contributed by atoms with Crippen molar-refractivity contribution in [2.45, 2.75) is 103 Å². The highest BCUT2D eigenvalue weighted by molar-refractivity contribution is 7.95. The van der Waals surface area contributed by atoms with Crippen LogP contribution >= 0.6 is 7.26 Å². The van der Waals surface area contributed by atoms with Crippen LogP contribution in [0.15, 0.2) is 149 Å². The van der Waals surface area contributed by atoms with E-state index < -0.39 is 49.6 Å². The average Bonchev–Trinajstić information content (AvgIpc) is 3.29. The van der Waals surface area contributed by atoms with E-state index in [0.717, 1.165) is 38.3 Å². The highest BCUT2D eigenvalue weighted by Crippen LogP contribution is 2.56. The Balaban J connectivity index is 1.34. The van der Waals surface area contributed by atoms with Crippen LogP contribution in [-0.2, 0) is 28.6 Å². The van der Waals surface area contributed by atoms with Crippen molar-refractivity contribution in [3.05, 3.63) is 149 Å². The van der Waals surface area contributed by atoms with Gasteiger partial charge in [0.2, 0.25) is 5.78 Å². The number of benzene rings is 3. The number of fused-ring (bicyclic) bond motifs is 2. The number of rotatable bonds is 14. The Hall–Kier alpha value is -5.25. The molecular weight excluding hydrogens is 824 g/mol. The van der Waals surface area contributed by atoms with Gasteiger partial charge in [-0.15, -0.1) is 0 Å². The molecule has 2 bridgehead atoms. The molecule has 4 N–H and O–H groups in total. The molecule has 2 aliphatic rings. The minimum atomic E-state index is -1.92. The first kappa shape index (κ1) is 49.8. The highest BCUT2D eigenvalue weighted by Gasteiger charge is 2.44. The Kier molecular flexibility index (Phi) is 18.8. The number of nitrogens with two attached hydrogens (primary N) is 1. The Morgan fingerprint density at radius 1 is 0.812 bits per heavy atom. The number of methoxy groups -OCH3 is 2. The van der Waals surface area contributed by atoms with Gasteiger partial charge in [-0.3, -0.25) is 14.4 Å². The minimum Gasteiger partial charge on any atom is -0.439 e. The number of allylic oxidation sites excluding steroid dienone is 5. The van der Waals surface area contributed by atoms with E-state index in [0.29, 0.717) is 29.6 Å². The van der Waals surface area contributed by atoms with Crippen LogP contribution in [0, 0.1) is 11.8 Å². The molecule has 0 fully saturated rings. The van der Waals surface area contributed by atoms with Gasteiger partial charge in [0.15, 0.2) is 11.9 Å². The molecule has 0 unspecified atom stereocenters. The first-order valence-electron chi connectivity index (χ1n) is 22.4. The summed E-state index contributed by atoms with van der Waals surface area (Å²) in [5, 5.41) is 18.4. The minimum absolute atomic E-state index is 0.0703. The molecule has 10 nitrogen and oxygen atoms in total. The predicted octanol–water partition coefficient (Wildman–Crippen LogP) is 8.14. The number of Topliss-reactive ketones (excluding diaryl/α,β-unsaturated/α-hetero) is 1. The van der Waals surface area contributed by atoms with E-state index >= 15 is 0 Å². The smallest absolute Gasteiger partial charge is 0.405 e. The standard InChI is InChI=1S/C53H65N2O8P/c1-36-32-44-43(29-19-8-7-9-20-31-64(40-23-13-10-14-24-40,41-25-15-11-16-26-41)42-27-17-12-18-28-42)46(56)35-45(50(44)58)55-52(59)37(2)22-21-30-47(61-5)51(63-53(54)60)39(4)34-38(3)49(57)48(33-36)62-6/h10-18,21-28,30,34-36,38,47-49,51,57H,7-9,19-20,29,31-33H2,1-6H3,(H2-,54,55,56,59,60)/p+1/b30-21-,37-22+,39-34+/t36-,38+,47+,48+,49-,51+/m1/s1. The second kappa shape index (κ2) is 24.2. The van der Waals surface area contributed by atoms with Gasteiger partial charge in [-0.25, -0.2) is 4.79 Å². The van der Waals surface area contributed by atoms with Crippen LogP contribution in [0.1, 0.15) is 79.1 Å². The molecule has 0 radical (unpaired) electrons. The van der Waals surface area contributed by atoms with Crippen molar-refractivity contribution in [1.82, 2.24) is 5.32 Å². The van der Waals surface area contributed by atoms with E-state index in [-0.39, 0.29) is 35.2 Å². The van der Waals surface area contributed by atoms with Crippen LogP contribution in [0.25, 0.3) is 0 Å². The second-order valence-corrected chi connectivity index (χ2v) is 20.7. The van der Waals surface area contributed by atoms with Gasteiger partial charge in [-0.1, -0.05) is 106 Å². The van der Waals surface area contributed by atoms with Crippen molar-refractivity contribution in [3.8, 4) is 0 Å². The number of aliphatic hydroxyl groups is 1. The van der Waals surface area contributed by atoms with Crippen LogP contribution in [-0.4, -0.2) is 73.5 Å². The molecule has 3 aromatic carbocycles. The van der Waals surface area contributed by atoms with E-state index in [1.54, 1.807) is 32.1 Å². The van der Waals surface area contributed by atoms with Gasteiger partial charge in [-0.2, -0.15) is 0 Å². The molecule has 1 aliphatic heterocycles. The highest BCUT2D eigenvalue weighted by atomic mass is 31.2. The Morgan fingerprint density at radius 2 is 1.38 bits per heavy atom. The van der Waals surface area contributed by atoms with E-state index in [1.807, 2.05) is 13.8 Å². The lowest BCUT2D eigenvalue weighted by molar-refractivity contribution is -0.120. The zero-order valence-electron chi connectivity index (χ0n) is 38.2. The Bertz CT molecular complexity index is 2120. The van der Waals surface area contributed by atoms with Crippen LogP contribution < -0.4 is 27.0 Å². The van der Waals surface area contributed by atoms with E-state index in [1.165, 1.54) is 42.3 Å². The van der Waals surface area contributed by atoms with Gasteiger partial charge in [-0.05, 0) is 100 Å². The van der Waals surface area contributed by atoms with Crippen molar-refractivity contribution in [1.29, 1.82) is 0 Å². The lowest BCUT2D eigenvalue weighted by Gasteiger charge is -2.30. The van der Waals surface area contributed by atoms with E-state index in [9.17, 15) is 24.3 Å². The fourth-order valence-corrected chi connectivity index (χ4v) is 13.4. The fourth-order valence-electron chi connectivity index (χ4n) is 8.98. The van der Waals surface area contributed by atoms with Gasteiger partial charge in [0.05, 0.1) is 24.1 Å². The molecule has 1 heterocycles. The number of hydrogen-bond donors (Lipinski definition) is 3. The second-order valence-electron chi connectivity index (χ2n) is 17.1. The van der Waals surface area contributed by atoms with Crippen molar-refractivity contribution < 1.29 is 38.5 Å². The number of amides is 2. The average molecular weight is 890 g/mol. The van der Waals surface area contributed by atoms with E-state index in [2.05, 4.69) is 96.3 Å². The molecule has 64 heavy (non-hydrogen) atoms. The zero-order chi connectivity index (χ0) is 46.2. The van der Waals surface area contributed by atoms with Gasteiger partial charge < -0.3 is 30.4 Å². The molecule has 1 aliphatic carbocycles. The van der Waals surface area contributed by atoms with Crippen LogP contribution in [0.5, 0.6) is 0 Å². The van der Waals surface area contributed by atoms with Crippen LogP contribution in [0.2, 0.25) is 0 Å². The molecular formula is C53H66N2O8P+. The summed E-state index contributed by atoms with van der Waals surface area (Å²) in [6.07, 6.45) is 10.3. The molecule has 0 saturated heterocycles. The molecule has 11 heteroatoms. The number of ether oxygens (including phenoxy) is 3. The Labute approximate surface area is 380 Å². The lowest BCUT2D eigenvalue weighted by atomic mass is 9.82. The summed E-state index contributed by atoms with van der Waals surface area (Å²) < 4.78 is 16.9. The number of primary amides is 1. The Morgan fingerprint density at radius 3 is 1.92 bits per heavy atom. The molecule has 2 amide bonds. The molecule has 3 aromatic rings. The third kappa shape index (κ3) is 12.7. The molecule has 0 saturated carbocycles. The monoisotopic (exact) mass is 889 g/mol. The molecule has 6 atom stereocenters. The third-order valence-corrected chi connectivity index (χ3v) is 16.9. The maximum absolute atomic E-state index is 14.3. The summed E-state index contributed by atoms with van der Waals surface area (Å²) in [6, 6.07) is 32.7. The summed E-state index contributed by atoms with van der Waals surface area (Å²) >= 11 is 0. The van der Waals surface area contributed by atoms with Gasteiger partial charge >= 0.3 is 6.09 Å². The quantitative estimate of drug-likeness (QED) is 0.0635. The van der Waals surface area contributed by atoms with Crippen LogP contribution in [0.3, 0.4) is 0 Å². The maximum Gasteiger partial charge on any atom is 0.405 e. The van der Waals surface area contributed by atoms with Crippen LogP contribution in [0.4, 0.5) is 4.79 Å². The number of nitrogens with one attached hydrogen (secondary N) is 1. The summed E-state index contributed by atoms with van der Waals surface area (Å²) in [7, 11) is 1.06. The molecule has 0 spiro atoms. The first-order chi connectivity index (χ1) is 30.8. The number of carbonyl (C=O) groups is 4. The van der Waals surface area contributed by atoms with Crippen molar-refractivity contribution in [2.24, 2.45) is 17.6 Å². The first-order valence-corrected chi connectivity index (χ1v) is 24.4. The van der Waals surface area contributed by atoms with E-state index in [4.69, 9.17) is 19.9 Å². The summed E-state index contributed by atoms with van der Waals surface area (Å²) in [5.74, 6) is -1.84. The van der Waals surface area contributed by atoms with Crippen molar-refractivity contribution >= 4 is 46.7 Å². The summed E-state index contributed by atoms with van der Waals surface area (Å²) in [6.45, 7) is 7.16. The van der Waals surface area contributed by atoms with Gasteiger partial charge in [0, 0.05) is 42.9 Å². The summed E-state index contributed by atoms with van der Waals surface area (Å²) in [4.78, 5) is 53.6. The third-order valence-electron chi connectivity index (χ3n) is 12.4. The maximum atomic E-state index is 14.3. The van der Waals surface area contributed by atoms with Gasteiger partial charge in [0.1, 0.15) is 29.3 Å². The number of aliphatic hydroxyl groups excluding tert-OH is 1. The number of hydrogen-bond acceptors (Lipinski definition) is 8. The lowest BCUT2D eigenvalue weighted by Crippen LogP contribution is -2.37. The zero-order valence-corrected chi connectivity index (χ0v) is 39.1. The molecule has 340 valence electrons. The predicted molar refractivity (Wildman–Crippen MR) is 257 cm³/mol. The SMILES string of the molecule is CO[C@H]1/C=C\C=C(/C)C(=O)NC2=CC(=O)C(CCCCCCC[P+](c3ccccc3)(c3ccccc3)c3ccccc3)=C(C[C@@H](C)C[C@H](OC)[C@H](O)[C@@H](C)/C=C(\C)[C@@H]1OC(N)=O)C2=O. The fraction of sp³-hybridized carbons (Fsp3) is 0.396. The normalized spacial score (nSPS) is 25.0. The molecule has 5 rings (SSSR count). The molecule has 0 aromatic heterocycles. The number of unbranched alkanes of at least 4 members (excludes halogenated alkanes) is 4. The number of ketones is 2. The van der Waals surface area contributed by atoms with Crippen molar-refractivity contribution in [2.75, 3.05) is 20.4 Å².